The Labute approximate surface area is 466 Å². The van der Waals surface area contributed by atoms with E-state index in [9.17, 15) is 29.5 Å². The summed E-state index contributed by atoms with van der Waals surface area (Å²) in [6, 6.07) is 28.6. The minimum Gasteiger partial charge on any atom is -0.493 e. The van der Waals surface area contributed by atoms with Crippen LogP contribution in [0.4, 0.5) is 0 Å². The Morgan fingerprint density at radius 2 is 1.18 bits per heavy atom. The van der Waals surface area contributed by atoms with Gasteiger partial charge in [0.2, 0.25) is 0 Å². The molecule has 17 heteroatoms. The molecule has 0 bridgehead atoms. The first-order valence-electron chi connectivity index (χ1n) is 26.8. The summed E-state index contributed by atoms with van der Waals surface area (Å²) < 4.78 is 28.3. The van der Waals surface area contributed by atoms with Crippen molar-refractivity contribution in [2.75, 3.05) is 33.0 Å². The van der Waals surface area contributed by atoms with E-state index in [1.165, 1.54) is 76.3 Å². The number of rotatable bonds is 21. The van der Waals surface area contributed by atoms with Crippen LogP contribution in [-0.2, 0) is 15.8 Å². The molecule has 0 aromatic heterocycles. The minimum atomic E-state index is -1.66. The Morgan fingerprint density at radius 1 is 0.731 bits per heavy atom. The van der Waals surface area contributed by atoms with Crippen molar-refractivity contribution in [2.24, 2.45) is 17.7 Å². The quantitative estimate of drug-likeness (QED) is 0.0200. The second kappa shape index (κ2) is 35.7. The van der Waals surface area contributed by atoms with Gasteiger partial charge in [0.15, 0.2) is 8.32 Å². The monoisotopic (exact) mass is 1090 g/mol. The van der Waals surface area contributed by atoms with Crippen molar-refractivity contribution in [3.63, 3.8) is 0 Å². The van der Waals surface area contributed by atoms with Crippen LogP contribution in [0.1, 0.15) is 168 Å². The smallest absolute Gasteiger partial charge is 0.265 e. The lowest BCUT2D eigenvalue weighted by atomic mass is 9.90. The van der Waals surface area contributed by atoms with Crippen LogP contribution in [0.25, 0.3) is 0 Å². The number of amides is 2. The van der Waals surface area contributed by atoms with Crippen LogP contribution in [0.2, 0.25) is 18.1 Å². The molecule has 16 nitrogen and oxygen atoms in total. The number of nitrogens with one attached hydrogen (secondary N) is 2. The van der Waals surface area contributed by atoms with Crippen molar-refractivity contribution in [3.05, 3.63) is 118 Å². The van der Waals surface area contributed by atoms with E-state index in [0.29, 0.717) is 51.8 Å². The Bertz CT molecular complexity index is 2490. The average Bonchev–Trinajstić information content (AvgIpc) is 3.42. The molecule has 0 aliphatic heterocycles. The van der Waals surface area contributed by atoms with Gasteiger partial charge in [-0.1, -0.05) is 78.9 Å². The Kier molecular flexibility index (Phi) is 30.9. The molecule has 2 fully saturated rings. The van der Waals surface area contributed by atoms with Gasteiger partial charge >= 0.3 is 0 Å². The fourth-order valence-electron chi connectivity index (χ4n) is 7.97. The summed E-state index contributed by atoms with van der Waals surface area (Å²) in [6.07, 6.45) is 14.7. The molecule has 426 valence electrons. The summed E-state index contributed by atoms with van der Waals surface area (Å²) in [5.74, 6) is 8.21. The molecule has 0 spiro atoms. The van der Waals surface area contributed by atoms with Gasteiger partial charge < -0.3 is 33.3 Å². The molecule has 2 saturated carbocycles. The van der Waals surface area contributed by atoms with Gasteiger partial charge in [-0.3, -0.25) is 25.2 Å². The summed E-state index contributed by atoms with van der Waals surface area (Å²) in [7, 11) is -1.66. The highest BCUT2D eigenvalue weighted by Gasteiger charge is 2.36. The second-order valence-electron chi connectivity index (χ2n) is 21.2. The van der Waals surface area contributed by atoms with Crippen LogP contribution in [-0.4, -0.2) is 88.0 Å². The third-order valence-corrected chi connectivity index (χ3v) is 17.8. The van der Waals surface area contributed by atoms with E-state index in [1.807, 2.05) is 75.6 Å². The SMILES string of the molecule is C.CC(C)(C)[Si](C)(C)OCC=O.CC(C)Oc1ccc(C(=O)NN(CCO)Cc2ccc(OCC3CCCCC3)cc2)cc1C#N.CC(C)Oc1ccc(C(=O)NN)cc1C#N.O=Cc1ccc(OCC2CCCCC2)cc1. The minimum absolute atomic E-state index is 0. The molecule has 4 aromatic carbocycles. The lowest BCUT2D eigenvalue weighted by Crippen LogP contribution is -2.43. The number of ether oxygens (including phenoxy) is 4. The molecule has 4 aromatic rings. The molecule has 0 atom stereocenters. The van der Waals surface area contributed by atoms with Gasteiger partial charge in [-0.05, 0) is 162 Å². The normalized spacial score (nSPS) is 13.5. The number of aldehydes is 2. The van der Waals surface area contributed by atoms with Crippen LogP contribution in [0, 0.1) is 34.5 Å². The summed E-state index contributed by atoms with van der Waals surface area (Å²) in [6.45, 7) is 20.6. The highest BCUT2D eigenvalue weighted by Crippen LogP contribution is 2.36. The molecule has 0 radical (unpaired) electrons. The zero-order valence-corrected chi connectivity index (χ0v) is 47.9. The van der Waals surface area contributed by atoms with Gasteiger partial charge in [0.25, 0.3) is 11.8 Å². The van der Waals surface area contributed by atoms with E-state index in [2.05, 4.69) is 45.4 Å². The number of nitriles is 2. The number of benzene rings is 4. The van der Waals surface area contributed by atoms with Gasteiger partial charge in [0.1, 0.15) is 47.7 Å². The lowest BCUT2D eigenvalue weighted by molar-refractivity contribution is -0.109. The molecule has 5 N–H and O–H groups in total. The number of carbonyl (C=O) groups excluding carboxylic acids is 4. The first-order valence-corrected chi connectivity index (χ1v) is 29.7. The molecule has 0 unspecified atom stereocenters. The highest BCUT2D eigenvalue weighted by molar-refractivity contribution is 6.74. The predicted octanol–water partition coefficient (Wildman–Crippen LogP) is 11.7. The number of nitrogen functional groups attached to an aromatic ring is 1. The molecule has 2 amide bonds. The maximum Gasteiger partial charge on any atom is 0.265 e. The fourth-order valence-corrected chi connectivity index (χ4v) is 8.88. The Balaban J connectivity index is 0.000000395. The Morgan fingerprint density at radius 3 is 1.56 bits per heavy atom. The second-order valence-corrected chi connectivity index (χ2v) is 26.0. The van der Waals surface area contributed by atoms with Crippen LogP contribution in [0.3, 0.4) is 0 Å². The molecular formula is C61H88N6O10Si. The molecule has 6 rings (SSSR count). The van der Waals surface area contributed by atoms with Crippen molar-refractivity contribution >= 4 is 32.7 Å². The molecule has 78 heavy (non-hydrogen) atoms. The third kappa shape index (κ3) is 24.8. The van der Waals surface area contributed by atoms with Crippen molar-refractivity contribution in [3.8, 4) is 35.1 Å². The van der Waals surface area contributed by atoms with E-state index in [0.717, 1.165) is 48.8 Å². The maximum absolute atomic E-state index is 12.8. The lowest BCUT2D eigenvalue weighted by Gasteiger charge is -2.35. The number of hydrogen-bond acceptors (Lipinski definition) is 14. The first-order chi connectivity index (χ1) is 36.7. The molecular weight excluding hydrogens is 1000 g/mol. The standard InChI is InChI=1S/C27H35N3O4.C14H18O2.C11H13N3O2.C8H18O2Si.CH4/c1-20(2)34-26-13-10-23(16-24(26)17-28)27(32)29-30(14-15-31)18-21-8-11-25(12-9-21)33-19-22-6-4-3-5-7-22;15-10-12-6-8-14(9-7-12)16-11-13-4-2-1-3-5-13;1-7(2)16-10-4-3-8(11(15)14-13)5-9(10)6-12;1-8(2,3)11(4,5)10-7-6-9;/h8-13,16,20,22,31H,3-7,14-15,18-19H2,1-2H3,(H,29,32);6-10,13H,1-5,11H2;3-5,7H,13H2,1-2H3,(H,14,15);6H,7H2,1-5H3;1H4. The van der Waals surface area contributed by atoms with Gasteiger partial charge in [-0.15, -0.1) is 0 Å². The highest BCUT2D eigenvalue weighted by atomic mass is 28.4. The molecule has 2 aliphatic rings. The van der Waals surface area contributed by atoms with Gasteiger partial charge in [-0.2, -0.15) is 10.5 Å². The van der Waals surface area contributed by atoms with E-state index in [1.54, 1.807) is 41.4 Å². The number of aliphatic hydroxyl groups is 1. The summed E-state index contributed by atoms with van der Waals surface area (Å²) in [4.78, 5) is 44.6. The number of nitrogens with two attached hydrogens (primary N) is 1. The molecule has 0 heterocycles. The third-order valence-electron chi connectivity index (χ3n) is 13.3. The number of hydrogen-bond donors (Lipinski definition) is 4. The van der Waals surface area contributed by atoms with Crippen LogP contribution in [0.5, 0.6) is 23.0 Å². The van der Waals surface area contributed by atoms with Crippen molar-refractivity contribution in [2.45, 2.75) is 157 Å². The van der Waals surface area contributed by atoms with Crippen molar-refractivity contribution in [1.82, 2.24) is 15.9 Å². The summed E-state index contributed by atoms with van der Waals surface area (Å²) in [5, 5.41) is 29.7. The van der Waals surface area contributed by atoms with Crippen molar-refractivity contribution in [1.29, 1.82) is 10.5 Å². The van der Waals surface area contributed by atoms with Gasteiger partial charge in [-0.25, -0.2) is 10.9 Å². The van der Waals surface area contributed by atoms with Gasteiger partial charge in [0, 0.05) is 29.8 Å². The number of hydrazine groups is 2. The van der Waals surface area contributed by atoms with E-state index >= 15 is 0 Å². The first kappa shape index (κ1) is 67.5. The average molecular weight is 1090 g/mol. The zero-order valence-electron chi connectivity index (χ0n) is 46.9. The predicted molar refractivity (Wildman–Crippen MR) is 309 cm³/mol. The zero-order chi connectivity index (χ0) is 56.8. The summed E-state index contributed by atoms with van der Waals surface area (Å²) >= 11 is 0. The molecule has 0 saturated heterocycles. The fraction of sp³-hybridized carbons (Fsp3) is 0.508. The van der Waals surface area contributed by atoms with Crippen molar-refractivity contribution < 1.29 is 47.7 Å². The van der Waals surface area contributed by atoms with Crippen LogP contribution in [0.15, 0.2) is 84.9 Å². The number of carbonyl (C=O) groups is 4. The largest absolute Gasteiger partial charge is 0.493 e. The van der Waals surface area contributed by atoms with E-state index in [-0.39, 0.29) is 50.3 Å². The van der Waals surface area contributed by atoms with E-state index in [4.69, 9.17) is 34.5 Å². The maximum atomic E-state index is 12.8. The number of aliphatic hydroxyl groups excluding tert-OH is 1. The van der Waals surface area contributed by atoms with Crippen LogP contribution >= 0.6 is 0 Å². The Hall–Kier alpha value is -6.60. The molecule has 2 aliphatic carbocycles. The summed E-state index contributed by atoms with van der Waals surface area (Å²) in [5.41, 5.74) is 7.81. The number of nitrogens with zero attached hydrogens (tertiary/aromatic N) is 3. The van der Waals surface area contributed by atoms with E-state index < -0.39 is 14.2 Å². The topological polar surface area (TPSA) is 236 Å². The van der Waals surface area contributed by atoms with Gasteiger partial charge in [0.05, 0.1) is 49.8 Å². The van der Waals surface area contributed by atoms with Crippen LogP contribution < -0.4 is 35.6 Å².